The van der Waals surface area contributed by atoms with Crippen LogP contribution in [0.3, 0.4) is 0 Å². The number of carboxylic acid groups (broad SMARTS) is 1. The van der Waals surface area contributed by atoms with Crippen LogP contribution in [-0.2, 0) is 6.54 Å². The van der Waals surface area contributed by atoms with Crippen molar-refractivity contribution < 1.29 is 23.5 Å². The Bertz CT molecular complexity index is 504. The van der Waals surface area contributed by atoms with E-state index in [0.717, 1.165) is 4.68 Å². The minimum absolute atomic E-state index is 0.0344. The number of rotatable bonds is 5. The minimum Gasteiger partial charge on any atom is -0.476 e. The van der Waals surface area contributed by atoms with Crippen molar-refractivity contribution in [1.29, 1.82) is 0 Å². The molecule has 0 atom stereocenters. The summed E-state index contributed by atoms with van der Waals surface area (Å²) < 4.78 is 26.4. The fourth-order valence-electron chi connectivity index (χ4n) is 1.79. The Morgan fingerprint density at radius 1 is 1.47 bits per heavy atom. The number of aromatic carboxylic acids is 1. The van der Waals surface area contributed by atoms with Crippen molar-refractivity contribution >= 4 is 12.0 Å². The van der Waals surface area contributed by atoms with E-state index in [4.69, 9.17) is 5.11 Å². The number of nitrogens with zero attached hydrogens (tertiary/aromatic N) is 4. The third-order valence-corrected chi connectivity index (χ3v) is 2.71. The summed E-state index contributed by atoms with van der Waals surface area (Å²) in [5, 5.41) is 17.9. The lowest BCUT2D eigenvalue weighted by atomic mass is 10.3. The number of carbonyl (C=O) groups is 2. The monoisotopic (exact) mass is 275 g/mol. The summed E-state index contributed by atoms with van der Waals surface area (Å²) in [6.07, 6.45) is -2.99. The first-order chi connectivity index (χ1) is 9.00. The number of aromatic nitrogens is 3. The number of nitrogens with one attached hydrogen (secondary N) is 1. The molecule has 1 saturated heterocycles. The van der Waals surface area contributed by atoms with Crippen LogP contribution in [0.4, 0.5) is 13.6 Å². The molecular formula is C9H11F2N5O3. The molecule has 2 N–H and O–H groups in total. The van der Waals surface area contributed by atoms with Crippen LogP contribution >= 0.6 is 0 Å². The van der Waals surface area contributed by atoms with E-state index in [1.165, 1.54) is 4.90 Å². The predicted octanol–water partition coefficient (Wildman–Crippen LogP) is -0.0609. The van der Waals surface area contributed by atoms with Crippen LogP contribution in [0.25, 0.3) is 0 Å². The van der Waals surface area contributed by atoms with Gasteiger partial charge in [-0.25, -0.2) is 23.1 Å². The van der Waals surface area contributed by atoms with Crippen LogP contribution in [0.1, 0.15) is 22.6 Å². The Labute approximate surface area is 106 Å². The second-order valence-corrected chi connectivity index (χ2v) is 3.87. The van der Waals surface area contributed by atoms with Crippen LogP contribution < -0.4 is 5.32 Å². The van der Waals surface area contributed by atoms with Gasteiger partial charge in [0.15, 0.2) is 5.69 Å². The van der Waals surface area contributed by atoms with Gasteiger partial charge in [0.25, 0.3) is 6.43 Å². The van der Waals surface area contributed by atoms with Crippen molar-refractivity contribution in [2.45, 2.75) is 13.0 Å². The molecule has 0 radical (unpaired) electrons. The van der Waals surface area contributed by atoms with Crippen LogP contribution in [0, 0.1) is 0 Å². The summed E-state index contributed by atoms with van der Waals surface area (Å²) in [6, 6.07) is -0.280. The molecule has 0 unspecified atom stereocenters. The number of hydrogen-bond acceptors (Lipinski definition) is 4. The van der Waals surface area contributed by atoms with Gasteiger partial charge in [0.1, 0.15) is 5.69 Å². The molecule has 1 fully saturated rings. The zero-order valence-electron chi connectivity index (χ0n) is 9.71. The fourth-order valence-corrected chi connectivity index (χ4v) is 1.79. The topological polar surface area (TPSA) is 100 Å². The number of halogens is 2. The van der Waals surface area contributed by atoms with Crippen molar-refractivity contribution in [3.8, 4) is 0 Å². The molecule has 1 aliphatic rings. The van der Waals surface area contributed by atoms with E-state index in [2.05, 4.69) is 15.6 Å². The van der Waals surface area contributed by atoms with Gasteiger partial charge in [0, 0.05) is 19.6 Å². The maximum absolute atomic E-state index is 12.8. The minimum atomic E-state index is -2.99. The summed E-state index contributed by atoms with van der Waals surface area (Å²) in [5.41, 5.74) is -1.51. The van der Waals surface area contributed by atoms with Gasteiger partial charge < -0.3 is 15.3 Å². The van der Waals surface area contributed by atoms with Crippen molar-refractivity contribution in [3.05, 3.63) is 11.4 Å². The Hall–Kier alpha value is -2.26. The normalized spacial score (nSPS) is 15.1. The van der Waals surface area contributed by atoms with Crippen molar-refractivity contribution in [2.75, 3.05) is 19.6 Å². The van der Waals surface area contributed by atoms with E-state index >= 15 is 0 Å². The lowest BCUT2D eigenvalue weighted by molar-refractivity contribution is 0.0675. The average molecular weight is 275 g/mol. The molecule has 8 nitrogen and oxygen atoms in total. The van der Waals surface area contributed by atoms with Crippen LogP contribution in [0.5, 0.6) is 0 Å². The fraction of sp³-hybridized carbons (Fsp3) is 0.556. The molecule has 1 aliphatic heterocycles. The first kappa shape index (κ1) is 13.2. The van der Waals surface area contributed by atoms with E-state index in [1.807, 2.05) is 0 Å². The number of amides is 2. The second-order valence-electron chi connectivity index (χ2n) is 3.87. The van der Waals surface area contributed by atoms with Crippen LogP contribution in [0.15, 0.2) is 0 Å². The summed E-state index contributed by atoms with van der Waals surface area (Å²) in [7, 11) is 0. The third-order valence-electron chi connectivity index (χ3n) is 2.71. The number of hydrogen-bond donors (Lipinski definition) is 2. The molecule has 104 valence electrons. The number of alkyl halides is 2. The largest absolute Gasteiger partial charge is 0.476 e. The smallest absolute Gasteiger partial charge is 0.358 e. The van der Waals surface area contributed by atoms with Gasteiger partial charge in [-0.2, -0.15) is 0 Å². The summed E-state index contributed by atoms with van der Waals surface area (Å²) in [6.45, 7) is 1.10. The van der Waals surface area contributed by atoms with Gasteiger partial charge in [0.2, 0.25) is 0 Å². The van der Waals surface area contributed by atoms with Crippen molar-refractivity contribution in [1.82, 2.24) is 25.2 Å². The molecule has 2 heterocycles. The first-order valence-electron chi connectivity index (χ1n) is 5.48. The van der Waals surface area contributed by atoms with Gasteiger partial charge in [-0.15, -0.1) is 5.10 Å². The molecule has 19 heavy (non-hydrogen) atoms. The van der Waals surface area contributed by atoms with Crippen molar-refractivity contribution in [3.63, 3.8) is 0 Å². The van der Waals surface area contributed by atoms with Gasteiger partial charge in [-0.3, -0.25) is 0 Å². The Morgan fingerprint density at radius 2 is 2.21 bits per heavy atom. The zero-order chi connectivity index (χ0) is 14.0. The van der Waals surface area contributed by atoms with Gasteiger partial charge in [0.05, 0.1) is 6.54 Å². The van der Waals surface area contributed by atoms with Crippen LogP contribution in [0.2, 0.25) is 0 Å². The molecule has 0 saturated carbocycles. The molecule has 2 amide bonds. The maximum atomic E-state index is 12.8. The highest BCUT2D eigenvalue weighted by atomic mass is 19.3. The Morgan fingerprint density at radius 3 is 2.74 bits per heavy atom. The standard InChI is InChI=1S/C9H11F2N5O3/c10-7(11)6-5(8(17)18)13-14-16(6)4-3-15-2-1-12-9(15)19/h7H,1-4H2,(H,12,19)(H,17,18). The molecule has 0 aliphatic carbocycles. The van der Waals surface area contributed by atoms with E-state index in [9.17, 15) is 18.4 Å². The zero-order valence-corrected chi connectivity index (χ0v) is 9.71. The highest BCUT2D eigenvalue weighted by Crippen LogP contribution is 2.21. The predicted molar refractivity (Wildman–Crippen MR) is 56.9 cm³/mol. The van der Waals surface area contributed by atoms with Crippen molar-refractivity contribution in [2.24, 2.45) is 0 Å². The van der Waals surface area contributed by atoms with Gasteiger partial charge in [-0.1, -0.05) is 5.21 Å². The average Bonchev–Trinajstić information content (AvgIpc) is 2.92. The Kier molecular flexibility index (Phi) is 3.58. The lowest BCUT2D eigenvalue weighted by Gasteiger charge is -2.14. The molecule has 0 bridgehead atoms. The molecule has 0 spiro atoms. The Balaban J connectivity index is 2.11. The molecule has 0 aromatic carbocycles. The second kappa shape index (κ2) is 5.16. The first-order valence-corrected chi connectivity index (χ1v) is 5.48. The SMILES string of the molecule is O=C(O)c1nnn(CCN2CCNC2=O)c1C(F)F. The van der Waals surface area contributed by atoms with E-state index in [0.29, 0.717) is 13.1 Å². The lowest BCUT2D eigenvalue weighted by Crippen LogP contribution is -2.31. The molecule has 1 aromatic heterocycles. The number of carboxylic acids is 1. The van der Waals surface area contributed by atoms with E-state index < -0.39 is 23.8 Å². The van der Waals surface area contributed by atoms with E-state index in [1.54, 1.807) is 0 Å². The highest BCUT2D eigenvalue weighted by molar-refractivity contribution is 5.86. The summed E-state index contributed by atoms with van der Waals surface area (Å²) in [4.78, 5) is 23.4. The van der Waals surface area contributed by atoms with Crippen LogP contribution in [-0.4, -0.2) is 56.6 Å². The molecular weight excluding hydrogens is 264 g/mol. The third kappa shape index (κ3) is 2.61. The molecule has 1 aromatic rings. The van der Waals surface area contributed by atoms with Gasteiger partial charge in [-0.05, 0) is 0 Å². The quantitative estimate of drug-likeness (QED) is 0.784. The number of carbonyl (C=O) groups excluding carboxylic acids is 1. The highest BCUT2D eigenvalue weighted by Gasteiger charge is 2.27. The maximum Gasteiger partial charge on any atom is 0.358 e. The van der Waals surface area contributed by atoms with E-state index in [-0.39, 0.29) is 19.1 Å². The summed E-state index contributed by atoms with van der Waals surface area (Å²) in [5.74, 6) is -1.56. The molecule has 10 heteroatoms. The summed E-state index contributed by atoms with van der Waals surface area (Å²) >= 11 is 0. The number of urea groups is 1. The molecule has 2 rings (SSSR count). The van der Waals surface area contributed by atoms with Gasteiger partial charge >= 0.3 is 12.0 Å².